The molecule has 5 heteroatoms. The van der Waals surface area contributed by atoms with Gasteiger partial charge < -0.3 is 15.4 Å². The van der Waals surface area contributed by atoms with Gasteiger partial charge in [-0.15, -0.1) is 0 Å². The highest BCUT2D eigenvalue weighted by atomic mass is 16.5. The molecule has 0 bridgehead atoms. The normalized spacial score (nSPS) is 16.7. The van der Waals surface area contributed by atoms with Crippen molar-refractivity contribution in [3.63, 3.8) is 0 Å². The first-order valence-corrected chi connectivity index (χ1v) is 7.47. The zero-order chi connectivity index (χ0) is 15.2. The lowest BCUT2D eigenvalue weighted by Crippen LogP contribution is -2.34. The smallest absolute Gasteiger partial charge is 0.265 e. The number of hydrogen-bond donors (Lipinski definition) is 2. The van der Waals surface area contributed by atoms with Gasteiger partial charge in [-0.25, -0.2) is 0 Å². The second kappa shape index (κ2) is 7.11. The fraction of sp³-hybridized carbons (Fsp3) is 0.500. The first kappa shape index (κ1) is 15.4. The van der Waals surface area contributed by atoms with E-state index in [1.165, 1.54) is 0 Å². The van der Waals surface area contributed by atoms with Gasteiger partial charge in [-0.05, 0) is 31.0 Å². The van der Waals surface area contributed by atoms with Crippen molar-refractivity contribution in [3.05, 3.63) is 23.8 Å². The molecule has 0 saturated heterocycles. The van der Waals surface area contributed by atoms with Crippen LogP contribution in [0.2, 0.25) is 0 Å². The highest BCUT2D eigenvalue weighted by Crippen LogP contribution is 2.30. The molecule has 1 aromatic rings. The Balaban J connectivity index is 1.91. The molecule has 1 aromatic carbocycles. The van der Waals surface area contributed by atoms with Crippen LogP contribution < -0.4 is 15.4 Å². The van der Waals surface area contributed by atoms with E-state index >= 15 is 0 Å². The maximum Gasteiger partial charge on any atom is 0.265 e. The van der Waals surface area contributed by atoms with Crippen LogP contribution in [-0.4, -0.2) is 24.5 Å². The lowest BCUT2D eigenvalue weighted by Gasteiger charge is -2.23. The standard InChI is InChI=1S/C16H22N2O3/c1-3-4-5-8-17-15(19)10-12-6-7-14-13(9-12)18-16(20)11(2)21-14/h6-7,9,11H,3-5,8,10H2,1-2H3,(H,17,19)(H,18,20). The van der Waals surface area contributed by atoms with Crippen molar-refractivity contribution in [1.29, 1.82) is 0 Å². The van der Waals surface area contributed by atoms with Crippen LogP contribution in [0.4, 0.5) is 5.69 Å². The molecule has 0 fully saturated rings. The van der Waals surface area contributed by atoms with Gasteiger partial charge in [0.15, 0.2) is 6.10 Å². The Bertz CT molecular complexity index is 528. The van der Waals surface area contributed by atoms with Crippen LogP contribution in [0, 0.1) is 0 Å². The van der Waals surface area contributed by atoms with Crippen LogP contribution >= 0.6 is 0 Å². The van der Waals surface area contributed by atoms with E-state index in [0.29, 0.717) is 17.9 Å². The average molecular weight is 290 g/mol. The topological polar surface area (TPSA) is 67.4 Å². The van der Waals surface area contributed by atoms with Crippen molar-refractivity contribution < 1.29 is 14.3 Å². The Hall–Kier alpha value is -2.04. The molecule has 2 N–H and O–H groups in total. The van der Waals surface area contributed by atoms with Gasteiger partial charge in [-0.2, -0.15) is 0 Å². The number of hydrogen-bond acceptors (Lipinski definition) is 3. The monoisotopic (exact) mass is 290 g/mol. The first-order valence-electron chi connectivity index (χ1n) is 7.47. The van der Waals surface area contributed by atoms with Crippen molar-refractivity contribution in [2.24, 2.45) is 0 Å². The molecule has 1 atom stereocenters. The summed E-state index contributed by atoms with van der Waals surface area (Å²) >= 11 is 0. The molecule has 2 rings (SSSR count). The maximum atomic E-state index is 11.8. The Kier molecular flexibility index (Phi) is 5.20. The second-order valence-corrected chi connectivity index (χ2v) is 5.31. The minimum absolute atomic E-state index is 0.00229. The summed E-state index contributed by atoms with van der Waals surface area (Å²) in [5.74, 6) is 0.486. The molecule has 0 aliphatic carbocycles. The van der Waals surface area contributed by atoms with E-state index in [0.717, 1.165) is 31.4 Å². The number of carbonyl (C=O) groups is 2. The number of rotatable bonds is 6. The Labute approximate surface area is 125 Å². The SMILES string of the molecule is CCCCCNC(=O)Cc1ccc2c(c1)NC(=O)C(C)O2. The Morgan fingerprint density at radius 1 is 1.38 bits per heavy atom. The van der Waals surface area contributed by atoms with E-state index in [1.54, 1.807) is 19.1 Å². The van der Waals surface area contributed by atoms with Crippen LogP contribution in [0.15, 0.2) is 18.2 Å². The molecular weight excluding hydrogens is 268 g/mol. The van der Waals surface area contributed by atoms with Crippen molar-refractivity contribution in [1.82, 2.24) is 5.32 Å². The number of ether oxygens (including phenoxy) is 1. The van der Waals surface area contributed by atoms with E-state index in [4.69, 9.17) is 4.74 Å². The van der Waals surface area contributed by atoms with Crippen LogP contribution in [0.1, 0.15) is 38.7 Å². The third kappa shape index (κ3) is 4.21. The maximum absolute atomic E-state index is 11.8. The summed E-state index contributed by atoms with van der Waals surface area (Å²) in [6.45, 7) is 4.55. The van der Waals surface area contributed by atoms with Gasteiger partial charge in [0.1, 0.15) is 5.75 Å². The number of benzene rings is 1. The number of anilines is 1. The van der Waals surface area contributed by atoms with Crippen molar-refractivity contribution in [2.75, 3.05) is 11.9 Å². The van der Waals surface area contributed by atoms with E-state index < -0.39 is 6.10 Å². The molecule has 0 saturated carbocycles. The minimum Gasteiger partial charge on any atom is -0.479 e. The minimum atomic E-state index is -0.481. The zero-order valence-corrected chi connectivity index (χ0v) is 12.6. The molecule has 5 nitrogen and oxygen atoms in total. The van der Waals surface area contributed by atoms with E-state index in [1.807, 2.05) is 6.07 Å². The van der Waals surface area contributed by atoms with Crippen molar-refractivity contribution >= 4 is 17.5 Å². The molecule has 1 heterocycles. The van der Waals surface area contributed by atoms with Crippen LogP contribution in [0.5, 0.6) is 5.75 Å². The van der Waals surface area contributed by atoms with Crippen molar-refractivity contribution in [3.8, 4) is 5.75 Å². The molecular formula is C16H22N2O3. The molecule has 1 aliphatic rings. The number of carbonyl (C=O) groups excluding carboxylic acids is 2. The van der Waals surface area contributed by atoms with Gasteiger partial charge in [-0.1, -0.05) is 25.8 Å². The van der Waals surface area contributed by atoms with Gasteiger partial charge in [0.25, 0.3) is 5.91 Å². The highest BCUT2D eigenvalue weighted by Gasteiger charge is 2.23. The number of unbranched alkanes of at least 4 members (excludes halogenated alkanes) is 2. The molecule has 114 valence electrons. The largest absolute Gasteiger partial charge is 0.479 e. The Morgan fingerprint density at radius 2 is 2.19 bits per heavy atom. The summed E-state index contributed by atoms with van der Waals surface area (Å²) in [4.78, 5) is 23.4. The van der Waals surface area contributed by atoms with Gasteiger partial charge in [-0.3, -0.25) is 9.59 Å². The van der Waals surface area contributed by atoms with E-state index in [2.05, 4.69) is 17.6 Å². The molecule has 0 radical (unpaired) electrons. The molecule has 2 amide bonds. The fourth-order valence-electron chi connectivity index (χ4n) is 2.22. The van der Waals surface area contributed by atoms with Gasteiger partial charge in [0.2, 0.25) is 5.91 Å². The molecule has 0 aromatic heterocycles. The summed E-state index contributed by atoms with van der Waals surface area (Å²) in [5.41, 5.74) is 1.49. The average Bonchev–Trinajstić information content (AvgIpc) is 2.45. The fourth-order valence-corrected chi connectivity index (χ4v) is 2.22. The van der Waals surface area contributed by atoms with E-state index in [9.17, 15) is 9.59 Å². The molecule has 0 spiro atoms. The third-order valence-corrected chi connectivity index (χ3v) is 3.44. The van der Waals surface area contributed by atoms with Gasteiger partial charge >= 0.3 is 0 Å². The Morgan fingerprint density at radius 3 is 2.95 bits per heavy atom. The lowest BCUT2D eigenvalue weighted by atomic mass is 10.1. The zero-order valence-electron chi connectivity index (χ0n) is 12.6. The van der Waals surface area contributed by atoms with Crippen LogP contribution in [0.25, 0.3) is 0 Å². The summed E-state index contributed by atoms with van der Waals surface area (Å²) in [6.07, 6.45) is 3.10. The predicted molar refractivity (Wildman–Crippen MR) is 81.4 cm³/mol. The third-order valence-electron chi connectivity index (χ3n) is 3.44. The summed E-state index contributed by atoms with van der Waals surface area (Å²) in [6, 6.07) is 5.45. The lowest BCUT2D eigenvalue weighted by molar-refractivity contribution is -0.122. The first-order chi connectivity index (χ1) is 10.1. The number of nitrogens with one attached hydrogen (secondary N) is 2. The van der Waals surface area contributed by atoms with E-state index in [-0.39, 0.29) is 11.8 Å². The molecule has 1 unspecified atom stereocenters. The summed E-state index contributed by atoms with van der Waals surface area (Å²) in [5, 5.41) is 5.69. The van der Waals surface area contributed by atoms with Crippen LogP contribution in [-0.2, 0) is 16.0 Å². The molecule has 21 heavy (non-hydrogen) atoms. The van der Waals surface area contributed by atoms with Crippen molar-refractivity contribution in [2.45, 2.75) is 45.6 Å². The van der Waals surface area contributed by atoms with Gasteiger partial charge in [0, 0.05) is 6.54 Å². The highest BCUT2D eigenvalue weighted by molar-refractivity contribution is 5.97. The quantitative estimate of drug-likeness (QED) is 0.790. The van der Waals surface area contributed by atoms with Crippen LogP contribution in [0.3, 0.4) is 0 Å². The second-order valence-electron chi connectivity index (χ2n) is 5.31. The number of fused-ring (bicyclic) bond motifs is 1. The summed E-state index contributed by atoms with van der Waals surface area (Å²) < 4.78 is 5.48. The summed E-state index contributed by atoms with van der Waals surface area (Å²) in [7, 11) is 0. The predicted octanol–water partition coefficient (Wildman–Crippen LogP) is 2.25. The number of amides is 2. The molecule has 1 aliphatic heterocycles. The van der Waals surface area contributed by atoms with Gasteiger partial charge in [0.05, 0.1) is 12.1 Å².